The molecule has 94 valence electrons. The fourth-order valence-corrected chi connectivity index (χ4v) is 2.84. The first kappa shape index (κ1) is 11.5. The van der Waals surface area contributed by atoms with Gasteiger partial charge in [0.1, 0.15) is 6.33 Å². The normalized spacial score (nSPS) is 17.2. The van der Waals surface area contributed by atoms with E-state index in [1.165, 1.54) is 24.8 Å². The van der Waals surface area contributed by atoms with Crippen LogP contribution in [0.25, 0.3) is 11.0 Å². The van der Waals surface area contributed by atoms with E-state index in [1.807, 2.05) is 25.1 Å². The zero-order valence-corrected chi connectivity index (χ0v) is 10.7. The van der Waals surface area contributed by atoms with Crippen LogP contribution in [0.4, 0.5) is 0 Å². The summed E-state index contributed by atoms with van der Waals surface area (Å²) in [5.74, 6) is 0.415. The van der Waals surface area contributed by atoms with Gasteiger partial charge in [0.15, 0.2) is 0 Å². The van der Waals surface area contributed by atoms with E-state index < -0.39 is 0 Å². The van der Waals surface area contributed by atoms with Crippen LogP contribution in [0.3, 0.4) is 0 Å². The second kappa shape index (κ2) is 4.56. The summed E-state index contributed by atoms with van der Waals surface area (Å²) in [7, 11) is 0. The summed E-state index contributed by atoms with van der Waals surface area (Å²) in [5.41, 5.74) is 3.04. The van der Waals surface area contributed by atoms with E-state index in [9.17, 15) is 4.79 Å². The summed E-state index contributed by atoms with van der Waals surface area (Å²) < 4.78 is 1.74. The highest BCUT2D eigenvalue weighted by molar-refractivity contribution is 5.91. The molecule has 1 fully saturated rings. The molecule has 1 heterocycles. The lowest BCUT2D eigenvalue weighted by atomic mass is 9.88. The van der Waals surface area contributed by atoms with Crippen LogP contribution in [-0.4, -0.2) is 15.5 Å². The lowest BCUT2D eigenvalue weighted by Crippen LogP contribution is -2.23. The number of carbonyl (C=O) groups excluding carboxylic acids is 1. The molecule has 0 unspecified atom stereocenters. The third-order valence-corrected chi connectivity index (χ3v) is 3.89. The van der Waals surface area contributed by atoms with Crippen molar-refractivity contribution in [3.05, 3.63) is 30.1 Å². The average Bonchev–Trinajstić information content (AvgIpc) is 2.81. The maximum Gasteiger partial charge on any atom is 0.235 e. The van der Waals surface area contributed by atoms with E-state index >= 15 is 0 Å². The Morgan fingerprint density at radius 1 is 1.28 bits per heavy atom. The molecule has 1 saturated carbocycles. The number of benzene rings is 1. The fourth-order valence-electron chi connectivity index (χ4n) is 2.84. The molecule has 0 spiro atoms. The summed E-state index contributed by atoms with van der Waals surface area (Å²) >= 11 is 0. The van der Waals surface area contributed by atoms with Crippen LogP contribution < -0.4 is 0 Å². The lowest BCUT2D eigenvalue weighted by Gasteiger charge is -2.20. The molecule has 1 aromatic heterocycles. The first-order chi connectivity index (χ1) is 8.75. The van der Waals surface area contributed by atoms with Crippen LogP contribution in [0.5, 0.6) is 0 Å². The molecule has 0 aliphatic heterocycles. The molecule has 1 aliphatic carbocycles. The number of fused-ring (bicyclic) bond motifs is 1. The summed E-state index contributed by atoms with van der Waals surface area (Å²) in [6, 6.07) is 6.06. The van der Waals surface area contributed by atoms with E-state index in [0.29, 0.717) is 0 Å². The molecule has 0 amide bonds. The monoisotopic (exact) mass is 242 g/mol. The van der Waals surface area contributed by atoms with E-state index in [1.54, 1.807) is 10.9 Å². The van der Waals surface area contributed by atoms with Crippen LogP contribution in [0.2, 0.25) is 0 Å². The van der Waals surface area contributed by atoms with Crippen LogP contribution in [-0.2, 0) is 0 Å². The van der Waals surface area contributed by atoms with Gasteiger partial charge in [0.2, 0.25) is 5.91 Å². The van der Waals surface area contributed by atoms with Gasteiger partial charge in [-0.25, -0.2) is 4.98 Å². The number of aromatic nitrogens is 2. The van der Waals surface area contributed by atoms with Gasteiger partial charge >= 0.3 is 0 Å². The Kier molecular flexibility index (Phi) is 2.90. The van der Waals surface area contributed by atoms with Crippen LogP contribution in [0.1, 0.15) is 42.5 Å². The zero-order chi connectivity index (χ0) is 12.5. The van der Waals surface area contributed by atoms with Crippen LogP contribution >= 0.6 is 0 Å². The molecule has 0 N–H and O–H groups in total. The molecule has 0 atom stereocenters. The molecule has 1 aromatic carbocycles. The van der Waals surface area contributed by atoms with Crippen molar-refractivity contribution in [1.29, 1.82) is 0 Å². The quantitative estimate of drug-likeness (QED) is 0.766. The van der Waals surface area contributed by atoms with Crippen molar-refractivity contribution < 1.29 is 4.79 Å². The number of hydrogen-bond donors (Lipinski definition) is 0. The number of nitrogens with zero attached hydrogens (tertiary/aromatic N) is 2. The smallest absolute Gasteiger partial charge is 0.235 e. The molecule has 1 aliphatic rings. The molecule has 18 heavy (non-hydrogen) atoms. The Balaban J connectivity index is 1.96. The van der Waals surface area contributed by atoms with Gasteiger partial charge in [-0.05, 0) is 37.5 Å². The third kappa shape index (κ3) is 1.94. The van der Waals surface area contributed by atoms with Crippen molar-refractivity contribution in [3.63, 3.8) is 0 Å². The fraction of sp³-hybridized carbons (Fsp3) is 0.467. The first-order valence-electron chi connectivity index (χ1n) is 6.73. The minimum absolute atomic E-state index is 0.192. The van der Waals surface area contributed by atoms with E-state index in [2.05, 4.69) is 4.98 Å². The van der Waals surface area contributed by atoms with E-state index in [4.69, 9.17) is 0 Å². The van der Waals surface area contributed by atoms with Gasteiger partial charge in [0, 0.05) is 5.92 Å². The maximum atomic E-state index is 12.5. The summed E-state index contributed by atoms with van der Waals surface area (Å²) in [4.78, 5) is 16.8. The Morgan fingerprint density at radius 2 is 2.06 bits per heavy atom. The van der Waals surface area contributed by atoms with Crippen molar-refractivity contribution in [2.45, 2.75) is 39.0 Å². The van der Waals surface area contributed by atoms with Gasteiger partial charge in [-0.15, -0.1) is 0 Å². The second-order valence-corrected chi connectivity index (χ2v) is 5.28. The highest BCUT2D eigenvalue weighted by Gasteiger charge is 2.23. The van der Waals surface area contributed by atoms with Gasteiger partial charge < -0.3 is 0 Å². The minimum Gasteiger partial charge on any atom is -0.274 e. The number of carbonyl (C=O) groups is 1. The molecular weight excluding hydrogens is 224 g/mol. The van der Waals surface area contributed by atoms with Gasteiger partial charge in [-0.3, -0.25) is 9.36 Å². The molecular formula is C15H18N2O. The Morgan fingerprint density at radius 3 is 2.83 bits per heavy atom. The van der Waals surface area contributed by atoms with Crippen LogP contribution in [0.15, 0.2) is 24.5 Å². The standard InChI is InChI=1S/C15H18N2O/c1-11-7-8-14-13(9-11)16-10-17(14)15(18)12-5-3-2-4-6-12/h7-10,12H,2-6H2,1H3. The van der Waals surface area contributed by atoms with Crippen molar-refractivity contribution in [1.82, 2.24) is 9.55 Å². The molecule has 0 radical (unpaired) electrons. The Hall–Kier alpha value is -1.64. The number of hydrogen-bond acceptors (Lipinski definition) is 2. The van der Waals surface area contributed by atoms with E-state index in [0.717, 1.165) is 23.9 Å². The molecule has 0 saturated heterocycles. The minimum atomic E-state index is 0.192. The van der Waals surface area contributed by atoms with E-state index in [-0.39, 0.29) is 11.8 Å². The number of aryl methyl sites for hydroxylation is 1. The van der Waals surface area contributed by atoms with Gasteiger partial charge in [0.05, 0.1) is 11.0 Å². The molecule has 2 aromatic rings. The lowest BCUT2D eigenvalue weighted by molar-refractivity contribution is 0.0807. The zero-order valence-electron chi connectivity index (χ0n) is 10.7. The molecule has 3 heteroatoms. The summed E-state index contributed by atoms with van der Waals surface area (Å²) in [5, 5.41) is 0. The summed E-state index contributed by atoms with van der Waals surface area (Å²) in [6.07, 6.45) is 7.38. The maximum absolute atomic E-state index is 12.5. The molecule has 3 rings (SSSR count). The van der Waals surface area contributed by atoms with Gasteiger partial charge in [-0.2, -0.15) is 0 Å². The Labute approximate surface area is 107 Å². The third-order valence-electron chi connectivity index (χ3n) is 3.89. The van der Waals surface area contributed by atoms with Gasteiger partial charge in [0.25, 0.3) is 0 Å². The van der Waals surface area contributed by atoms with Crippen molar-refractivity contribution in [3.8, 4) is 0 Å². The summed E-state index contributed by atoms with van der Waals surface area (Å²) in [6.45, 7) is 2.04. The van der Waals surface area contributed by atoms with Gasteiger partial charge in [-0.1, -0.05) is 25.3 Å². The number of imidazole rings is 1. The Bertz CT molecular complexity index is 579. The predicted octanol–water partition coefficient (Wildman–Crippen LogP) is 3.57. The average molecular weight is 242 g/mol. The SMILES string of the molecule is Cc1ccc2c(c1)ncn2C(=O)C1CCCCC1. The highest BCUT2D eigenvalue weighted by Crippen LogP contribution is 2.26. The van der Waals surface area contributed by atoms with Crippen molar-refractivity contribution in [2.24, 2.45) is 5.92 Å². The topological polar surface area (TPSA) is 34.9 Å². The number of rotatable bonds is 1. The first-order valence-corrected chi connectivity index (χ1v) is 6.73. The molecule has 3 nitrogen and oxygen atoms in total. The van der Waals surface area contributed by atoms with Crippen molar-refractivity contribution in [2.75, 3.05) is 0 Å². The second-order valence-electron chi connectivity index (χ2n) is 5.28. The van der Waals surface area contributed by atoms with Crippen LogP contribution in [0, 0.1) is 12.8 Å². The molecule has 0 bridgehead atoms. The largest absolute Gasteiger partial charge is 0.274 e. The highest BCUT2D eigenvalue weighted by atomic mass is 16.2. The predicted molar refractivity (Wildman–Crippen MR) is 71.7 cm³/mol. The van der Waals surface area contributed by atoms with Crippen molar-refractivity contribution >= 4 is 16.9 Å².